The van der Waals surface area contributed by atoms with E-state index in [1.54, 1.807) is 29.7 Å². The van der Waals surface area contributed by atoms with Gasteiger partial charge in [0, 0.05) is 36.8 Å². The largest absolute Gasteiger partial charge is 0.395 e. The van der Waals surface area contributed by atoms with Crippen molar-refractivity contribution in [3.05, 3.63) is 77.6 Å². The number of aliphatic hydroxyl groups is 1. The average Bonchev–Trinajstić information content (AvgIpc) is 3.50. The number of amides is 1. The van der Waals surface area contributed by atoms with Crippen LogP contribution in [-0.2, 0) is 21.7 Å². The number of ether oxygens (including phenoxy) is 1. The normalized spacial score (nSPS) is 26.6. The van der Waals surface area contributed by atoms with Crippen LogP contribution in [0.25, 0.3) is 0 Å². The predicted molar refractivity (Wildman–Crippen MR) is 138 cm³/mol. The van der Waals surface area contributed by atoms with E-state index in [4.69, 9.17) is 4.74 Å². The fraction of sp³-hybridized carbons (Fsp3) is 0.444. The van der Waals surface area contributed by atoms with Crippen molar-refractivity contribution < 1.29 is 18.7 Å². The molecule has 1 amide bonds. The number of aryl methyl sites for hydroxylation is 1. The van der Waals surface area contributed by atoms with Gasteiger partial charge in [0.25, 0.3) is 5.91 Å². The lowest BCUT2D eigenvalue weighted by atomic mass is 9.82. The minimum Gasteiger partial charge on any atom is -0.395 e. The molecule has 5 atom stereocenters. The van der Waals surface area contributed by atoms with Gasteiger partial charge in [0.2, 0.25) is 8.41 Å². The Morgan fingerprint density at radius 3 is 2.56 bits per heavy atom. The van der Waals surface area contributed by atoms with Crippen LogP contribution in [0.3, 0.4) is 0 Å². The quantitative estimate of drug-likeness (QED) is 0.381. The smallest absolute Gasteiger partial charge is 0.264 e. The third-order valence-corrected chi connectivity index (χ3v) is 10.4. The first-order chi connectivity index (χ1) is 17.2. The Morgan fingerprint density at radius 1 is 1.17 bits per heavy atom. The summed E-state index contributed by atoms with van der Waals surface area (Å²) < 4.78 is 24.1. The number of anilines is 1. The number of hydrogen-bond donors (Lipinski definition) is 1. The summed E-state index contributed by atoms with van der Waals surface area (Å²) in [5.74, 6) is -0.686. The Kier molecular flexibility index (Phi) is 6.34. The zero-order valence-electron chi connectivity index (χ0n) is 21.1. The molecule has 1 saturated heterocycles. The Bertz CT molecular complexity index is 1250. The first-order valence-corrected chi connectivity index (χ1v) is 15.4. The first kappa shape index (κ1) is 24.8. The lowest BCUT2D eigenvalue weighted by Gasteiger charge is -2.30. The molecule has 3 aromatic rings. The van der Waals surface area contributed by atoms with Crippen LogP contribution >= 0.6 is 0 Å². The highest BCUT2D eigenvalue weighted by Gasteiger charge is 2.66. The van der Waals surface area contributed by atoms with E-state index in [1.807, 2.05) is 67.7 Å². The Labute approximate surface area is 212 Å². The van der Waals surface area contributed by atoms with Gasteiger partial charge in [-0.25, -0.2) is 0 Å². The van der Waals surface area contributed by atoms with Crippen molar-refractivity contribution in [1.29, 1.82) is 0 Å². The molecule has 0 bridgehead atoms. The number of rotatable bonds is 7. The Hall–Kier alpha value is -2.88. The van der Waals surface area contributed by atoms with Crippen LogP contribution in [0, 0.1) is 5.92 Å². The van der Waals surface area contributed by atoms with E-state index < -0.39 is 20.1 Å². The molecule has 9 heteroatoms. The number of hydrogen-bond acceptors (Lipinski definition) is 5. The third kappa shape index (κ3) is 3.90. The molecule has 1 unspecified atom stereocenters. The summed E-state index contributed by atoms with van der Waals surface area (Å²) in [6.45, 7) is 5.77. The predicted octanol–water partition coefficient (Wildman–Crippen LogP) is 4.24. The second kappa shape index (κ2) is 9.21. The van der Waals surface area contributed by atoms with Crippen molar-refractivity contribution in [2.24, 2.45) is 5.92 Å². The second-order valence-corrected chi connectivity index (χ2v) is 14.3. The Balaban J connectivity index is 1.40. The molecule has 2 aliphatic rings. The summed E-state index contributed by atoms with van der Waals surface area (Å²) in [7, 11) is -1.43. The summed E-state index contributed by atoms with van der Waals surface area (Å²) in [6.07, 6.45) is 1.91. The van der Waals surface area contributed by atoms with E-state index in [1.165, 1.54) is 0 Å². The number of carbonyl (C=O) groups excluding carboxylic acids is 1. The SMILES string of the molecule is C[C@H]1[C@H]([Si](C)(C)F)[C@@H](CCn2cc(C(CO)c3ccccc3)nn2)O[C@]12C(=O)N(C)c1ccccc12. The second-order valence-electron chi connectivity index (χ2n) is 10.5. The van der Waals surface area contributed by atoms with Crippen molar-refractivity contribution in [2.45, 2.75) is 56.1 Å². The number of carbonyl (C=O) groups is 1. The summed E-state index contributed by atoms with van der Waals surface area (Å²) in [6, 6.07) is 17.4. The number of benzene rings is 2. The molecule has 2 aliphatic heterocycles. The van der Waals surface area contributed by atoms with Gasteiger partial charge in [0.15, 0.2) is 5.60 Å². The molecule has 2 aromatic carbocycles. The molecule has 1 N–H and O–H groups in total. The fourth-order valence-electron chi connectivity index (χ4n) is 6.27. The number of halogens is 1. The van der Waals surface area contributed by atoms with Crippen molar-refractivity contribution in [1.82, 2.24) is 15.0 Å². The third-order valence-electron chi connectivity index (χ3n) is 7.94. The van der Waals surface area contributed by atoms with Gasteiger partial charge in [-0.15, -0.1) is 5.10 Å². The summed E-state index contributed by atoms with van der Waals surface area (Å²) in [5, 5.41) is 18.5. The molecular weight excluding hydrogens is 475 g/mol. The number of fused-ring (bicyclic) bond motifs is 2. The van der Waals surface area contributed by atoms with Crippen LogP contribution in [0.4, 0.5) is 9.80 Å². The maximum absolute atomic E-state index is 15.8. The molecule has 5 rings (SSSR count). The molecule has 0 radical (unpaired) electrons. The molecular formula is C27H33FN4O3Si. The number of aliphatic hydroxyl groups excluding tert-OH is 1. The number of para-hydroxylation sites is 1. The van der Waals surface area contributed by atoms with Crippen LogP contribution < -0.4 is 4.90 Å². The van der Waals surface area contributed by atoms with E-state index in [2.05, 4.69) is 10.3 Å². The molecule has 190 valence electrons. The van der Waals surface area contributed by atoms with E-state index in [9.17, 15) is 9.90 Å². The molecule has 36 heavy (non-hydrogen) atoms. The minimum atomic E-state index is -3.19. The van der Waals surface area contributed by atoms with Gasteiger partial charge in [0.1, 0.15) is 0 Å². The summed E-state index contributed by atoms with van der Waals surface area (Å²) in [5.41, 5.74) is 1.78. The van der Waals surface area contributed by atoms with Gasteiger partial charge in [-0.3, -0.25) is 9.48 Å². The van der Waals surface area contributed by atoms with Crippen LogP contribution in [0.2, 0.25) is 18.6 Å². The van der Waals surface area contributed by atoms with Gasteiger partial charge >= 0.3 is 0 Å². The lowest BCUT2D eigenvalue weighted by molar-refractivity contribution is -0.145. The van der Waals surface area contributed by atoms with Gasteiger partial charge in [-0.1, -0.05) is 60.7 Å². The molecule has 1 spiro atoms. The van der Waals surface area contributed by atoms with Crippen LogP contribution in [0.5, 0.6) is 0 Å². The van der Waals surface area contributed by atoms with E-state index in [0.29, 0.717) is 18.7 Å². The van der Waals surface area contributed by atoms with E-state index >= 15 is 4.11 Å². The zero-order chi connectivity index (χ0) is 25.7. The number of aromatic nitrogens is 3. The van der Waals surface area contributed by atoms with E-state index in [0.717, 1.165) is 16.8 Å². The molecule has 3 heterocycles. The van der Waals surface area contributed by atoms with Crippen molar-refractivity contribution in [2.75, 3.05) is 18.6 Å². The molecule has 0 saturated carbocycles. The number of likely N-dealkylation sites (N-methyl/N-ethyl adjacent to an activating group) is 1. The standard InChI is InChI=1S/C27H33FN4O3Si/c1-18-25(36(3,4)28)24(35-27(18)21-12-8-9-13-23(21)31(2)26(27)34)14-15-32-16-22(29-30-32)20(17-33)19-10-6-5-7-11-19/h5-13,16,18,20,24-25,33H,14-15,17H2,1-4H3/t18-,20?,24+,25-,27+/m0/s1. The van der Waals surface area contributed by atoms with Gasteiger partial charge in [0.05, 0.1) is 30.0 Å². The van der Waals surface area contributed by atoms with Gasteiger partial charge in [-0.2, -0.15) is 0 Å². The highest BCUT2D eigenvalue weighted by atomic mass is 28.4. The van der Waals surface area contributed by atoms with Crippen LogP contribution in [-0.4, -0.2) is 54.2 Å². The topological polar surface area (TPSA) is 80.5 Å². The molecule has 7 nitrogen and oxygen atoms in total. The first-order valence-electron chi connectivity index (χ1n) is 12.5. The maximum atomic E-state index is 15.8. The van der Waals surface area contributed by atoms with Gasteiger partial charge in [-0.05, 0) is 31.1 Å². The summed E-state index contributed by atoms with van der Waals surface area (Å²) >= 11 is 0. The van der Waals surface area contributed by atoms with Crippen molar-refractivity contribution in [3.8, 4) is 0 Å². The van der Waals surface area contributed by atoms with Crippen molar-refractivity contribution >= 4 is 20.0 Å². The number of nitrogens with zero attached hydrogens (tertiary/aromatic N) is 4. The molecule has 1 fully saturated rings. The van der Waals surface area contributed by atoms with E-state index in [-0.39, 0.29) is 29.9 Å². The minimum absolute atomic E-state index is 0.0762. The highest BCUT2D eigenvalue weighted by molar-refractivity contribution is 6.72. The summed E-state index contributed by atoms with van der Waals surface area (Å²) in [4.78, 5) is 15.2. The zero-order valence-corrected chi connectivity index (χ0v) is 22.1. The van der Waals surface area contributed by atoms with Crippen LogP contribution in [0.15, 0.2) is 60.8 Å². The highest BCUT2D eigenvalue weighted by Crippen LogP contribution is 2.59. The monoisotopic (exact) mass is 508 g/mol. The van der Waals surface area contributed by atoms with Crippen LogP contribution in [0.1, 0.15) is 36.1 Å². The maximum Gasteiger partial charge on any atom is 0.264 e. The molecule has 1 aromatic heterocycles. The fourth-order valence-corrected chi connectivity index (χ4v) is 8.82. The van der Waals surface area contributed by atoms with Crippen molar-refractivity contribution in [3.63, 3.8) is 0 Å². The lowest BCUT2D eigenvalue weighted by Crippen LogP contribution is -2.44. The Morgan fingerprint density at radius 2 is 1.86 bits per heavy atom. The average molecular weight is 509 g/mol. The van der Waals surface area contributed by atoms with Gasteiger partial charge < -0.3 is 18.9 Å². The molecule has 0 aliphatic carbocycles.